The number of rotatable bonds is 2. The van der Waals surface area contributed by atoms with Crippen LogP contribution in [0.2, 0.25) is 0 Å². The Bertz CT molecular complexity index is 601. The molecular weight excluding hydrogens is 255 g/mol. The van der Waals surface area contributed by atoms with Gasteiger partial charge in [0.05, 0.1) is 12.1 Å². The zero-order chi connectivity index (χ0) is 13.9. The maximum atomic E-state index is 13.3. The lowest BCUT2D eigenvalue weighted by Gasteiger charge is -2.20. The van der Waals surface area contributed by atoms with Crippen LogP contribution in [0.25, 0.3) is 10.9 Å². The van der Waals surface area contributed by atoms with Crippen molar-refractivity contribution in [1.29, 1.82) is 0 Å². The summed E-state index contributed by atoms with van der Waals surface area (Å²) in [6.07, 6.45) is 1.07. The number of benzene rings is 1. The lowest BCUT2D eigenvalue weighted by Crippen LogP contribution is -2.26. The Morgan fingerprint density at radius 3 is 3.05 bits per heavy atom. The molecule has 0 atom stereocenters. The molecule has 106 valence electrons. The Morgan fingerprint density at radius 1 is 1.25 bits per heavy atom. The van der Waals surface area contributed by atoms with Gasteiger partial charge in [-0.3, -0.25) is 9.88 Å². The molecule has 0 radical (unpaired) electrons. The summed E-state index contributed by atoms with van der Waals surface area (Å²) in [6.45, 7) is 6.46. The van der Waals surface area contributed by atoms with Crippen molar-refractivity contribution in [2.45, 2.75) is 19.9 Å². The van der Waals surface area contributed by atoms with E-state index in [1.54, 1.807) is 0 Å². The molecule has 3 rings (SSSR count). The molecule has 1 aliphatic rings. The van der Waals surface area contributed by atoms with Gasteiger partial charge < -0.3 is 4.74 Å². The van der Waals surface area contributed by atoms with Gasteiger partial charge in [0.15, 0.2) is 0 Å². The lowest BCUT2D eigenvalue weighted by atomic mass is 10.1. The van der Waals surface area contributed by atoms with Gasteiger partial charge in [0.1, 0.15) is 5.82 Å². The van der Waals surface area contributed by atoms with Gasteiger partial charge in [0.2, 0.25) is 0 Å². The summed E-state index contributed by atoms with van der Waals surface area (Å²) in [6, 6.07) is 6.96. The van der Waals surface area contributed by atoms with E-state index in [9.17, 15) is 4.39 Å². The topological polar surface area (TPSA) is 25.4 Å². The Hall–Kier alpha value is -1.52. The van der Waals surface area contributed by atoms with E-state index >= 15 is 0 Å². The number of fused-ring (bicyclic) bond motifs is 1. The normalized spacial score (nSPS) is 17.3. The van der Waals surface area contributed by atoms with Crippen LogP contribution in [0.3, 0.4) is 0 Å². The number of pyridine rings is 1. The molecule has 1 saturated heterocycles. The first-order chi connectivity index (χ1) is 9.72. The summed E-state index contributed by atoms with van der Waals surface area (Å²) >= 11 is 0. The van der Waals surface area contributed by atoms with E-state index in [0.717, 1.165) is 55.9 Å². The predicted octanol–water partition coefficient (Wildman–Crippen LogP) is 2.90. The van der Waals surface area contributed by atoms with Crippen molar-refractivity contribution in [3.05, 3.63) is 41.3 Å². The van der Waals surface area contributed by atoms with Gasteiger partial charge in [0.25, 0.3) is 0 Å². The fourth-order valence-electron chi connectivity index (χ4n) is 2.75. The molecule has 2 heterocycles. The molecule has 0 N–H and O–H groups in total. The van der Waals surface area contributed by atoms with E-state index in [1.807, 2.05) is 13.0 Å². The Balaban J connectivity index is 1.93. The highest BCUT2D eigenvalue weighted by Gasteiger charge is 2.12. The van der Waals surface area contributed by atoms with Crippen LogP contribution >= 0.6 is 0 Å². The summed E-state index contributed by atoms with van der Waals surface area (Å²) in [4.78, 5) is 6.82. The summed E-state index contributed by atoms with van der Waals surface area (Å²) in [5, 5.41) is 1.04. The molecule has 0 amide bonds. The summed E-state index contributed by atoms with van der Waals surface area (Å²) in [5.41, 5.74) is 2.89. The fraction of sp³-hybridized carbons (Fsp3) is 0.438. The first-order valence-corrected chi connectivity index (χ1v) is 7.08. The maximum Gasteiger partial charge on any atom is 0.125 e. The molecule has 20 heavy (non-hydrogen) atoms. The van der Waals surface area contributed by atoms with Crippen molar-refractivity contribution in [3.8, 4) is 0 Å². The first kappa shape index (κ1) is 13.5. The minimum absolute atomic E-state index is 0.232. The van der Waals surface area contributed by atoms with Gasteiger partial charge in [-0.15, -0.1) is 0 Å². The highest BCUT2D eigenvalue weighted by Crippen LogP contribution is 2.21. The SMILES string of the molecule is Cc1cc(CN2CCCOCC2)c2ccc(F)cc2n1. The van der Waals surface area contributed by atoms with Crippen LogP contribution in [0.4, 0.5) is 4.39 Å². The van der Waals surface area contributed by atoms with Crippen LogP contribution in [-0.2, 0) is 11.3 Å². The van der Waals surface area contributed by atoms with Crippen molar-refractivity contribution in [1.82, 2.24) is 9.88 Å². The van der Waals surface area contributed by atoms with E-state index in [-0.39, 0.29) is 5.82 Å². The van der Waals surface area contributed by atoms with Crippen LogP contribution in [0.15, 0.2) is 24.3 Å². The van der Waals surface area contributed by atoms with Crippen LogP contribution < -0.4 is 0 Å². The Labute approximate surface area is 118 Å². The number of aryl methyl sites for hydroxylation is 1. The number of hydrogen-bond acceptors (Lipinski definition) is 3. The van der Waals surface area contributed by atoms with Crippen molar-refractivity contribution in [2.75, 3.05) is 26.3 Å². The summed E-state index contributed by atoms with van der Waals surface area (Å²) in [5.74, 6) is -0.232. The largest absolute Gasteiger partial charge is 0.380 e. The van der Waals surface area contributed by atoms with E-state index < -0.39 is 0 Å². The molecule has 1 fully saturated rings. The molecule has 1 aliphatic heterocycles. The van der Waals surface area contributed by atoms with Crippen molar-refractivity contribution >= 4 is 10.9 Å². The molecule has 0 saturated carbocycles. The van der Waals surface area contributed by atoms with E-state index in [1.165, 1.54) is 17.7 Å². The molecular formula is C16H19FN2O. The van der Waals surface area contributed by atoms with Gasteiger partial charge in [-0.1, -0.05) is 0 Å². The second-order valence-corrected chi connectivity index (χ2v) is 5.33. The second-order valence-electron chi connectivity index (χ2n) is 5.33. The molecule has 3 nitrogen and oxygen atoms in total. The molecule has 0 bridgehead atoms. The van der Waals surface area contributed by atoms with Crippen molar-refractivity contribution in [2.24, 2.45) is 0 Å². The summed E-state index contributed by atoms with van der Waals surface area (Å²) in [7, 11) is 0. The number of ether oxygens (including phenoxy) is 1. The number of aromatic nitrogens is 1. The molecule has 1 aromatic carbocycles. The highest BCUT2D eigenvalue weighted by molar-refractivity contribution is 5.82. The first-order valence-electron chi connectivity index (χ1n) is 7.08. The Morgan fingerprint density at radius 2 is 2.15 bits per heavy atom. The van der Waals surface area contributed by atoms with Gasteiger partial charge in [-0.25, -0.2) is 4.39 Å². The zero-order valence-electron chi connectivity index (χ0n) is 11.7. The average Bonchev–Trinajstić information content (AvgIpc) is 2.66. The van der Waals surface area contributed by atoms with Crippen LogP contribution in [0, 0.1) is 12.7 Å². The van der Waals surface area contributed by atoms with Crippen LogP contribution in [0.5, 0.6) is 0 Å². The smallest absolute Gasteiger partial charge is 0.125 e. The molecule has 1 aromatic heterocycles. The third-order valence-corrected chi connectivity index (χ3v) is 3.69. The number of nitrogens with zero attached hydrogens (tertiary/aromatic N) is 2. The quantitative estimate of drug-likeness (QED) is 0.842. The third kappa shape index (κ3) is 2.97. The third-order valence-electron chi connectivity index (χ3n) is 3.69. The Kier molecular flexibility index (Phi) is 3.94. The number of halogens is 1. The second kappa shape index (κ2) is 5.85. The van der Waals surface area contributed by atoms with Crippen LogP contribution in [-0.4, -0.2) is 36.2 Å². The van der Waals surface area contributed by atoms with E-state index in [4.69, 9.17) is 4.74 Å². The predicted molar refractivity (Wildman–Crippen MR) is 77.2 cm³/mol. The van der Waals surface area contributed by atoms with Gasteiger partial charge in [-0.05, 0) is 37.1 Å². The van der Waals surface area contributed by atoms with E-state index in [2.05, 4.69) is 16.0 Å². The fourth-order valence-corrected chi connectivity index (χ4v) is 2.75. The lowest BCUT2D eigenvalue weighted by molar-refractivity contribution is 0.140. The highest BCUT2D eigenvalue weighted by atomic mass is 19.1. The van der Waals surface area contributed by atoms with Gasteiger partial charge >= 0.3 is 0 Å². The zero-order valence-corrected chi connectivity index (χ0v) is 11.7. The monoisotopic (exact) mass is 274 g/mol. The minimum Gasteiger partial charge on any atom is -0.380 e. The van der Waals surface area contributed by atoms with Crippen molar-refractivity contribution in [3.63, 3.8) is 0 Å². The molecule has 2 aromatic rings. The molecule has 0 spiro atoms. The van der Waals surface area contributed by atoms with Gasteiger partial charge in [0, 0.05) is 43.4 Å². The standard InChI is InChI=1S/C16H19FN2O/c1-12-9-13(11-19-5-2-7-20-8-6-19)15-4-3-14(17)10-16(15)18-12/h3-4,9-10H,2,5-8,11H2,1H3. The van der Waals surface area contributed by atoms with Crippen molar-refractivity contribution < 1.29 is 9.13 Å². The maximum absolute atomic E-state index is 13.3. The van der Waals surface area contributed by atoms with E-state index in [0.29, 0.717) is 0 Å². The number of hydrogen-bond donors (Lipinski definition) is 0. The summed E-state index contributed by atoms with van der Waals surface area (Å²) < 4.78 is 18.8. The molecule has 0 aliphatic carbocycles. The molecule has 4 heteroatoms. The molecule has 0 unspecified atom stereocenters. The van der Waals surface area contributed by atoms with Gasteiger partial charge in [-0.2, -0.15) is 0 Å². The minimum atomic E-state index is -0.232. The van der Waals surface area contributed by atoms with Crippen LogP contribution in [0.1, 0.15) is 17.7 Å². The average molecular weight is 274 g/mol.